The molecule has 1 N–H and O–H groups in total. The van der Waals surface area contributed by atoms with Crippen LogP contribution in [0.1, 0.15) is 32.8 Å². The predicted molar refractivity (Wildman–Crippen MR) is 118 cm³/mol. The Hall–Kier alpha value is -2.74. The average Bonchev–Trinajstić information content (AvgIpc) is 2.78. The number of hydrogen-bond donors (Lipinski definition) is 1. The third-order valence-corrected chi connectivity index (χ3v) is 6.16. The van der Waals surface area contributed by atoms with Crippen LogP contribution < -0.4 is 19.1 Å². The molecular formula is C22H28N2O5S. The lowest BCUT2D eigenvalue weighted by Crippen LogP contribution is -2.42. The minimum atomic E-state index is -3.64. The Balaban J connectivity index is 1.86. The molecule has 0 fully saturated rings. The molecule has 0 saturated carbocycles. The number of sulfonamides is 1. The number of hydrogen-bond acceptors (Lipinski definition) is 5. The normalized spacial score (nSPS) is 15.7. The van der Waals surface area contributed by atoms with Gasteiger partial charge >= 0.3 is 0 Å². The van der Waals surface area contributed by atoms with Gasteiger partial charge in [-0.2, -0.15) is 0 Å². The van der Waals surface area contributed by atoms with Gasteiger partial charge in [0.05, 0.1) is 29.7 Å². The molecule has 162 valence electrons. The Morgan fingerprint density at radius 2 is 1.87 bits per heavy atom. The highest BCUT2D eigenvalue weighted by Gasteiger charge is 2.37. The summed E-state index contributed by atoms with van der Waals surface area (Å²) in [5.41, 5.74) is 0.949. The van der Waals surface area contributed by atoms with Gasteiger partial charge in [0.15, 0.2) is 0 Å². The second-order valence-electron chi connectivity index (χ2n) is 8.02. The molecular weight excluding hydrogens is 404 g/mol. The van der Waals surface area contributed by atoms with Gasteiger partial charge in [0, 0.05) is 6.54 Å². The maximum atomic E-state index is 13.0. The van der Waals surface area contributed by atoms with Gasteiger partial charge in [0.25, 0.3) is 0 Å². The number of methoxy groups -OCH3 is 1. The smallest absolute Gasteiger partial charge is 0.236 e. The summed E-state index contributed by atoms with van der Waals surface area (Å²) >= 11 is 0. The largest absolute Gasteiger partial charge is 0.497 e. The van der Waals surface area contributed by atoms with Crippen molar-refractivity contribution in [3.05, 3.63) is 48.0 Å². The predicted octanol–water partition coefficient (Wildman–Crippen LogP) is 3.80. The first kappa shape index (κ1) is 22.0. The van der Waals surface area contributed by atoms with Crippen molar-refractivity contribution in [1.29, 1.82) is 0 Å². The van der Waals surface area contributed by atoms with Gasteiger partial charge in [-0.1, -0.05) is 19.1 Å². The maximum Gasteiger partial charge on any atom is 0.236 e. The summed E-state index contributed by atoms with van der Waals surface area (Å²) < 4.78 is 38.9. The third kappa shape index (κ3) is 4.87. The van der Waals surface area contributed by atoms with Crippen molar-refractivity contribution in [3.63, 3.8) is 0 Å². The first-order valence-electron chi connectivity index (χ1n) is 9.87. The zero-order valence-electron chi connectivity index (χ0n) is 17.8. The molecule has 2 aromatic carbocycles. The molecule has 3 rings (SSSR count). The molecule has 0 atom stereocenters. The van der Waals surface area contributed by atoms with Crippen molar-refractivity contribution in [1.82, 2.24) is 0 Å². The number of benzene rings is 2. The minimum Gasteiger partial charge on any atom is -0.497 e. The number of nitrogens with one attached hydrogen (secondary N) is 1. The number of carbonyl (C=O) groups is 1. The van der Waals surface area contributed by atoms with Gasteiger partial charge in [-0.05, 0) is 56.2 Å². The molecule has 0 aliphatic carbocycles. The lowest BCUT2D eigenvalue weighted by atomic mass is 9.93. The number of rotatable bonds is 7. The van der Waals surface area contributed by atoms with E-state index in [1.54, 1.807) is 54.5 Å². The zero-order valence-corrected chi connectivity index (χ0v) is 18.6. The quantitative estimate of drug-likeness (QED) is 0.719. The number of amides is 1. The number of ether oxygens (including phenoxy) is 2. The van der Waals surface area contributed by atoms with E-state index in [0.29, 0.717) is 35.0 Å². The van der Waals surface area contributed by atoms with E-state index in [1.165, 1.54) is 0 Å². The van der Waals surface area contributed by atoms with Gasteiger partial charge in [0.1, 0.15) is 18.1 Å². The van der Waals surface area contributed by atoms with Crippen molar-refractivity contribution in [3.8, 4) is 11.5 Å². The van der Waals surface area contributed by atoms with Crippen molar-refractivity contribution in [2.75, 3.05) is 29.9 Å². The van der Waals surface area contributed by atoms with Crippen LogP contribution in [0.5, 0.6) is 11.5 Å². The molecule has 2 aromatic rings. The topological polar surface area (TPSA) is 84.9 Å². The molecule has 0 aromatic heterocycles. The van der Waals surface area contributed by atoms with Crippen molar-refractivity contribution >= 4 is 27.3 Å². The molecule has 7 nitrogen and oxygen atoms in total. The van der Waals surface area contributed by atoms with E-state index in [9.17, 15) is 13.2 Å². The molecule has 0 unspecified atom stereocenters. The summed E-state index contributed by atoms with van der Waals surface area (Å²) in [7, 11) is -2.09. The second kappa shape index (κ2) is 8.55. The summed E-state index contributed by atoms with van der Waals surface area (Å²) in [6.07, 6.45) is 0.773. The van der Waals surface area contributed by atoms with E-state index in [1.807, 2.05) is 20.8 Å². The van der Waals surface area contributed by atoms with E-state index >= 15 is 0 Å². The second-order valence-corrected chi connectivity index (χ2v) is 9.74. The third-order valence-electron chi connectivity index (χ3n) is 4.90. The number of anilines is 2. The standard InChI is InChI=1S/C22H28N2O5S/c1-5-12-24-19-13-17(8-11-20(19)29-15-22(2,3)21(24)25)23-30(26,27)14-16-6-9-18(28-4)10-7-16/h6-11,13,23H,5,12,14-15H2,1-4H3. The maximum absolute atomic E-state index is 13.0. The average molecular weight is 433 g/mol. The Kier molecular flexibility index (Phi) is 6.26. The first-order chi connectivity index (χ1) is 14.1. The number of fused-ring (bicyclic) bond motifs is 1. The van der Waals surface area contributed by atoms with Crippen LogP contribution in [0, 0.1) is 5.41 Å². The van der Waals surface area contributed by atoms with Crippen LogP contribution in [0.2, 0.25) is 0 Å². The fraction of sp³-hybridized carbons (Fsp3) is 0.409. The summed E-state index contributed by atoms with van der Waals surface area (Å²) in [5.74, 6) is 1.02. The molecule has 0 spiro atoms. The van der Waals surface area contributed by atoms with Crippen LogP contribution in [0.15, 0.2) is 42.5 Å². The zero-order chi connectivity index (χ0) is 21.9. The molecule has 8 heteroatoms. The highest BCUT2D eigenvalue weighted by atomic mass is 32.2. The van der Waals surface area contributed by atoms with Crippen molar-refractivity contribution in [2.45, 2.75) is 32.9 Å². The SMILES string of the molecule is CCCN1C(=O)C(C)(C)COc2ccc(NS(=O)(=O)Cc3ccc(OC)cc3)cc21. The summed E-state index contributed by atoms with van der Waals surface area (Å²) in [6.45, 7) is 6.49. The molecule has 1 heterocycles. The molecule has 1 amide bonds. The van der Waals surface area contributed by atoms with E-state index in [0.717, 1.165) is 6.42 Å². The molecule has 30 heavy (non-hydrogen) atoms. The van der Waals surface area contributed by atoms with Gasteiger partial charge in [-0.3, -0.25) is 9.52 Å². The van der Waals surface area contributed by atoms with E-state index in [2.05, 4.69) is 4.72 Å². The molecule has 0 bridgehead atoms. The highest BCUT2D eigenvalue weighted by Crippen LogP contribution is 2.38. The van der Waals surface area contributed by atoms with Crippen LogP contribution in [0.4, 0.5) is 11.4 Å². The monoisotopic (exact) mass is 432 g/mol. The summed E-state index contributed by atoms with van der Waals surface area (Å²) in [4.78, 5) is 14.7. The van der Waals surface area contributed by atoms with Gasteiger partial charge in [0.2, 0.25) is 15.9 Å². The Morgan fingerprint density at radius 3 is 2.50 bits per heavy atom. The summed E-state index contributed by atoms with van der Waals surface area (Å²) in [5, 5.41) is 0. The molecule has 1 aliphatic heterocycles. The molecule has 0 radical (unpaired) electrons. The Bertz CT molecular complexity index is 1020. The lowest BCUT2D eigenvalue weighted by molar-refractivity contribution is -0.127. The lowest BCUT2D eigenvalue weighted by Gasteiger charge is -2.28. The van der Waals surface area contributed by atoms with Crippen LogP contribution in [-0.4, -0.2) is 34.6 Å². The van der Waals surface area contributed by atoms with Crippen molar-refractivity contribution < 1.29 is 22.7 Å². The van der Waals surface area contributed by atoms with Crippen molar-refractivity contribution in [2.24, 2.45) is 5.41 Å². The van der Waals surface area contributed by atoms with Crippen LogP contribution >= 0.6 is 0 Å². The van der Waals surface area contributed by atoms with E-state index < -0.39 is 15.4 Å². The van der Waals surface area contributed by atoms with Crippen LogP contribution in [0.3, 0.4) is 0 Å². The fourth-order valence-corrected chi connectivity index (χ4v) is 4.50. The minimum absolute atomic E-state index is 0.0404. The number of nitrogens with zero attached hydrogens (tertiary/aromatic N) is 1. The Labute approximate surface area is 178 Å². The Morgan fingerprint density at radius 1 is 1.17 bits per heavy atom. The molecule has 0 saturated heterocycles. The van der Waals surface area contributed by atoms with Crippen LogP contribution in [0.25, 0.3) is 0 Å². The summed E-state index contributed by atoms with van der Waals surface area (Å²) in [6, 6.07) is 11.9. The highest BCUT2D eigenvalue weighted by molar-refractivity contribution is 7.91. The fourth-order valence-electron chi connectivity index (χ4n) is 3.31. The van der Waals surface area contributed by atoms with E-state index in [-0.39, 0.29) is 18.3 Å². The first-order valence-corrected chi connectivity index (χ1v) is 11.5. The van der Waals surface area contributed by atoms with E-state index in [4.69, 9.17) is 9.47 Å². The van der Waals surface area contributed by atoms with Crippen LogP contribution in [-0.2, 0) is 20.6 Å². The van der Waals surface area contributed by atoms with Gasteiger partial charge in [-0.15, -0.1) is 0 Å². The molecule has 1 aliphatic rings. The van der Waals surface area contributed by atoms with Gasteiger partial charge in [-0.25, -0.2) is 8.42 Å². The number of carbonyl (C=O) groups excluding carboxylic acids is 1. The van der Waals surface area contributed by atoms with Gasteiger partial charge < -0.3 is 14.4 Å².